The molecule has 0 bridgehead atoms. The van der Waals surface area contributed by atoms with Gasteiger partial charge in [-0.15, -0.1) is 0 Å². The SMILES string of the molecule is CCCCc1cccc(OP(Oc2cccc(CCCC)c2CCCC)Oc2cccc(CCCC)c2CCCC)c1CCCC. The molecular weight excluding hydrogens is 583 g/mol. The molecule has 46 heavy (non-hydrogen) atoms. The number of hydrogen-bond donors (Lipinski definition) is 0. The van der Waals surface area contributed by atoms with Gasteiger partial charge in [0.25, 0.3) is 0 Å². The molecule has 0 fully saturated rings. The first kappa shape index (κ1) is 37.9. The molecule has 0 aromatic heterocycles. The van der Waals surface area contributed by atoms with Crippen LogP contribution in [0.15, 0.2) is 54.6 Å². The second-order valence-electron chi connectivity index (χ2n) is 12.8. The highest BCUT2D eigenvalue weighted by Gasteiger charge is 2.26. The molecule has 254 valence electrons. The van der Waals surface area contributed by atoms with Crippen LogP contribution in [0, 0.1) is 0 Å². The molecule has 0 aliphatic rings. The molecule has 0 amide bonds. The van der Waals surface area contributed by atoms with Crippen LogP contribution in [-0.4, -0.2) is 0 Å². The van der Waals surface area contributed by atoms with Crippen LogP contribution in [0.4, 0.5) is 0 Å². The maximum atomic E-state index is 6.95. The van der Waals surface area contributed by atoms with Crippen LogP contribution in [0.2, 0.25) is 0 Å². The van der Waals surface area contributed by atoms with E-state index in [1.165, 1.54) is 71.9 Å². The summed E-state index contributed by atoms with van der Waals surface area (Å²) in [5.74, 6) is 2.76. The number of hydrogen-bond acceptors (Lipinski definition) is 3. The third kappa shape index (κ3) is 11.9. The van der Waals surface area contributed by atoms with E-state index >= 15 is 0 Å². The molecule has 3 aromatic rings. The van der Waals surface area contributed by atoms with Crippen LogP contribution in [0.1, 0.15) is 152 Å². The van der Waals surface area contributed by atoms with Crippen molar-refractivity contribution < 1.29 is 13.6 Å². The number of rotatable bonds is 24. The smallest absolute Gasteiger partial charge is 0.408 e. The maximum absolute atomic E-state index is 6.95. The van der Waals surface area contributed by atoms with E-state index in [1.54, 1.807) is 0 Å². The second kappa shape index (κ2) is 22.1. The van der Waals surface area contributed by atoms with E-state index in [-0.39, 0.29) is 0 Å². The maximum Gasteiger partial charge on any atom is 0.530 e. The van der Waals surface area contributed by atoms with E-state index in [0.717, 1.165) is 94.3 Å². The highest BCUT2D eigenvalue weighted by molar-refractivity contribution is 7.43. The zero-order valence-electron chi connectivity index (χ0n) is 30.1. The summed E-state index contributed by atoms with van der Waals surface area (Å²) in [7, 11) is -1.76. The molecule has 0 atom stereocenters. The summed E-state index contributed by atoms with van der Waals surface area (Å²) < 4.78 is 20.9. The lowest BCUT2D eigenvalue weighted by molar-refractivity contribution is 0.381. The minimum atomic E-state index is -1.76. The summed E-state index contributed by atoms with van der Waals surface area (Å²) in [6.07, 6.45) is 20.2. The average Bonchev–Trinajstić information content (AvgIpc) is 3.07. The van der Waals surface area contributed by atoms with Gasteiger partial charge in [-0.05, 0) is 129 Å². The van der Waals surface area contributed by atoms with Crippen molar-refractivity contribution in [3.8, 4) is 17.2 Å². The van der Waals surface area contributed by atoms with Crippen LogP contribution >= 0.6 is 8.60 Å². The van der Waals surface area contributed by atoms with Gasteiger partial charge in [0.05, 0.1) is 0 Å². The zero-order valence-corrected chi connectivity index (χ0v) is 31.0. The van der Waals surface area contributed by atoms with E-state index < -0.39 is 8.60 Å². The topological polar surface area (TPSA) is 27.7 Å². The van der Waals surface area contributed by atoms with E-state index in [2.05, 4.69) is 96.1 Å². The molecule has 0 saturated carbocycles. The molecule has 0 aliphatic carbocycles. The molecule has 0 N–H and O–H groups in total. The normalized spacial score (nSPS) is 11.3. The fraction of sp³-hybridized carbons (Fsp3) is 0.571. The lowest BCUT2D eigenvalue weighted by atomic mass is 9.97. The third-order valence-corrected chi connectivity index (χ3v) is 9.99. The summed E-state index contributed by atoms with van der Waals surface area (Å²) in [4.78, 5) is 0. The Hall–Kier alpha value is -2.51. The Kier molecular flexibility index (Phi) is 18.3. The Balaban J connectivity index is 2.10. The Bertz CT molecular complexity index is 1110. The molecule has 3 nitrogen and oxygen atoms in total. The van der Waals surface area contributed by atoms with Gasteiger partial charge in [0.2, 0.25) is 0 Å². The highest BCUT2D eigenvalue weighted by atomic mass is 31.2. The predicted molar refractivity (Wildman–Crippen MR) is 200 cm³/mol. The van der Waals surface area contributed by atoms with Gasteiger partial charge in [0.15, 0.2) is 0 Å². The number of unbranched alkanes of at least 4 members (excludes halogenated alkanes) is 6. The van der Waals surface area contributed by atoms with E-state index in [1.807, 2.05) is 0 Å². The monoisotopic (exact) mass is 646 g/mol. The quantitative estimate of drug-likeness (QED) is 0.0907. The molecule has 0 unspecified atom stereocenters. The second-order valence-corrected chi connectivity index (χ2v) is 13.8. The van der Waals surface area contributed by atoms with Gasteiger partial charge < -0.3 is 13.6 Å². The van der Waals surface area contributed by atoms with Gasteiger partial charge in [-0.25, -0.2) is 0 Å². The fourth-order valence-electron chi connectivity index (χ4n) is 6.10. The third-order valence-electron chi connectivity index (χ3n) is 8.95. The summed E-state index contributed by atoms with van der Waals surface area (Å²) in [6.45, 7) is 13.6. The molecule has 0 saturated heterocycles. The molecule has 0 radical (unpaired) electrons. The van der Waals surface area contributed by atoms with Crippen molar-refractivity contribution in [2.45, 2.75) is 157 Å². The standard InChI is InChI=1S/C42H63O3P/c1-7-13-22-34-25-19-31-40(37(34)28-16-10-4)43-46(44-41-32-20-26-35(23-14-8-2)38(41)29-17-11-5)45-42-33-21-27-36(24-15-9-3)39(42)30-18-12-6/h19-21,25-27,31-33H,7-18,22-24,28-30H2,1-6H3. The number of benzene rings is 3. The van der Waals surface area contributed by atoms with Gasteiger partial charge in [-0.2, -0.15) is 0 Å². The van der Waals surface area contributed by atoms with Crippen molar-refractivity contribution in [1.82, 2.24) is 0 Å². The minimum absolute atomic E-state index is 0.919. The van der Waals surface area contributed by atoms with Gasteiger partial charge in [-0.3, -0.25) is 0 Å². The molecule has 3 aromatic carbocycles. The van der Waals surface area contributed by atoms with Crippen molar-refractivity contribution in [2.75, 3.05) is 0 Å². The van der Waals surface area contributed by atoms with Gasteiger partial charge in [-0.1, -0.05) is 116 Å². The van der Waals surface area contributed by atoms with Crippen LogP contribution < -0.4 is 13.6 Å². The van der Waals surface area contributed by atoms with E-state index in [9.17, 15) is 0 Å². The van der Waals surface area contributed by atoms with Crippen molar-refractivity contribution >= 4 is 8.60 Å². The molecule has 0 heterocycles. The lowest BCUT2D eigenvalue weighted by Crippen LogP contribution is -2.09. The summed E-state index contributed by atoms with van der Waals surface area (Å²) >= 11 is 0. The summed E-state index contributed by atoms with van der Waals surface area (Å²) in [5.41, 5.74) is 8.17. The van der Waals surface area contributed by atoms with Crippen molar-refractivity contribution in [1.29, 1.82) is 0 Å². The van der Waals surface area contributed by atoms with Crippen LogP contribution in [0.5, 0.6) is 17.2 Å². The Labute approximate surface area is 283 Å². The molecule has 4 heteroatoms. The molecular formula is C42H63O3P. The zero-order chi connectivity index (χ0) is 33.0. The van der Waals surface area contributed by atoms with E-state index in [4.69, 9.17) is 13.6 Å². The van der Waals surface area contributed by atoms with E-state index in [0.29, 0.717) is 0 Å². The molecule has 0 aliphatic heterocycles. The predicted octanol–water partition coefficient (Wildman–Crippen LogP) is 13.5. The van der Waals surface area contributed by atoms with Crippen LogP contribution in [0.25, 0.3) is 0 Å². The van der Waals surface area contributed by atoms with Crippen LogP contribution in [-0.2, 0) is 38.5 Å². The first-order chi connectivity index (χ1) is 22.6. The Morgan fingerprint density at radius 2 is 0.630 bits per heavy atom. The fourth-order valence-corrected chi connectivity index (χ4v) is 7.21. The van der Waals surface area contributed by atoms with Crippen molar-refractivity contribution in [3.63, 3.8) is 0 Å². The number of aryl methyl sites for hydroxylation is 3. The van der Waals surface area contributed by atoms with Gasteiger partial charge in [0, 0.05) is 0 Å². The molecule has 3 rings (SSSR count). The minimum Gasteiger partial charge on any atom is -0.408 e. The lowest BCUT2D eigenvalue weighted by Gasteiger charge is -2.24. The first-order valence-electron chi connectivity index (χ1n) is 18.8. The van der Waals surface area contributed by atoms with Crippen LogP contribution in [0.3, 0.4) is 0 Å². The highest BCUT2D eigenvalue weighted by Crippen LogP contribution is 2.47. The average molecular weight is 647 g/mol. The van der Waals surface area contributed by atoms with Gasteiger partial charge in [0.1, 0.15) is 17.2 Å². The summed E-state index contributed by atoms with van der Waals surface area (Å²) in [5, 5.41) is 0. The van der Waals surface area contributed by atoms with Gasteiger partial charge >= 0.3 is 8.60 Å². The Morgan fingerprint density at radius 3 is 0.891 bits per heavy atom. The largest absolute Gasteiger partial charge is 0.530 e. The summed E-state index contributed by atoms with van der Waals surface area (Å²) in [6, 6.07) is 19.7. The van der Waals surface area contributed by atoms with Crippen molar-refractivity contribution in [3.05, 3.63) is 88.0 Å². The first-order valence-corrected chi connectivity index (χ1v) is 19.9. The Morgan fingerprint density at radius 1 is 0.370 bits per heavy atom. The molecule has 0 spiro atoms. The van der Waals surface area contributed by atoms with Crippen molar-refractivity contribution in [2.24, 2.45) is 0 Å².